The number of H-pyrrole nitrogens is 1. The zero-order chi connectivity index (χ0) is 9.14. The topological polar surface area (TPSA) is 58.9 Å². The van der Waals surface area contributed by atoms with Crippen LogP contribution >= 0.6 is 0 Å². The van der Waals surface area contributed by atoms with E-state index in [4.69, 9.17) is 5.73 Å². The number of nitrogens with one attached hydrogen (secondary N) is 1. The van der Waals surface area contributed by atoms with E-state index in [1.54, 1.807) is 6.20 Å². The lowest BCUT2D eigenvalue weighted by atomic mass is 10.0. The van der Waals surface area contributed by atoms with Crippen molar-refractivity contribution in [3.05, 3.63) is 23.5 Å². The molecule has 1 aromatic heterocycles. The Morgan fingerprint density at radius 1 is 1.67 bits per heavy atom. The number of carbonyl (C=O) groups is 1. The summed E-state index contributed by atoms with van der Waals surface area (Å²) in [4.78, 5) is 14.4. The monoisotopic (exact) mass is 166 g/mol. The van der Waals surface area contributed by atoms with Gasteiger partial charge in [-0.15, -0.1) is 0 Å². The molecule has 0 bridgehead atoms. The summed E-state index contributed by atoms with van der Waals surface area (Å²) < 4.78 is 0. The standard InChI is InChI=1S/C9H14N2O/c1-6(2)9(12)7-3-8(4-10)11-5-7/h3,5-6,11H,4,10H2,1-2H3. The first-order valence-corrected chi connectivity index (χ1v) is 4.06. The lowest BCUT2D eigenvalue weighted by Gasteiger charge is -1.98. The smallest absolute Gasteiger partial charge is 0.166 e. The van der Waals surface area contributed by atoms with Gasteiger partial charge in [0.05, 0.1) is 0 Å². The van der Waals surface area contributed by atoms with Crippen molar-refractivity contribution in [2.45, 2.75) is 20.4 Å². The lowest BCUT2D eigenvalue weighted by molar-refractivity contribution is 0.0939. The largest absolute Gasteiger partial charge is 0.363 e. The highest BCUT2D eigenvalue weighted by molar-refractivity contribution is 5.97. The van der Waals surface area contributed by atoms with E-state index in [1.807, 2.05) is 19.9 Å². The maximum Gasteiger partial charge on any atom is 0.166 e. The van der Waals surface area contributed by atoms with E-state index in [9.17, 15) is 4.79 Å². The number of aromatic nitrogens is 1. The summed E-state index contributed by atoms with van der Waals surface area (Å²) in [5, 5.41) is 0. The van der Waals surface area contributed by atoms with E-state index in [-0.39, 0.29) is 11.7 Å². The number of hydrogen-bond acceptors (Lipinski definition) is 2. The third kappa shape index (κ3) is 1.74. The molecule has 0 aromatic carbocycles. The number of rotatable bonds is 3. The van der Waals surface area contributed by atoms with Gasteiger partial charge in [-0.05, 0) is 6.07 Å². The number of nitrogens with two attached hydrogens (primary N) is 1. The molecule has 3 nitrogen and oxygen atoms in total. The summed E-state index contributed by atoms with van der Waals surface area (Å²) in [5.74, 6) is 0.206. The van der Waals surface area contributed by atoms with Crippen LogP contribution in [0.2, 0.25) is 0 Å². The Morgan fingerprint density at radius 2 is 2.33 bits per heavy atom. The first-order chi connectivity index (χ1) is 5.65. The predicted octanol–water partition coefficient (Wildman–Crippen LogP) is 1.31. The van der Waals surface area contributed by atoms with Crippen molar-refractivity contribution >= 4 is 5.78 Å². The Balaban J connectivity index is 2.82. The summed E-state index contributed by atoms with van der Waals surface area (Å²) in [7, 11) is 0. The van der Waals surface area contributed by atoms with Crippen molar-refractivity contribution < 1.29 is 4.79 Å². The van der Waals surface area contributed by atoms with Gasteiger partial charge >= 0.3 is 0 Å². The molecule has 0 aliphatic carbocycles. The second kappa shape index (κ2) is 3.54. The minimum absolute atomic E-state index is 0.0476. The van der Waals surface area contributed by atoms with Gasteiger partial charge in [-0.3, -0.25) is 4.79 Å². The molecule has 0 amide bonds. The molecule has 0 unspecified atom stereocenters. The van der Waals surface area contributed by atoms with Crippen molar-refractivity contribution in [1.82, 2.24) is 4.98 Å². The van der Waals surface area contributed by atoms with E-state index in [0.717, 1.165) is 11.3 Å². The van der Waals surface area contributed by atoms with Crippen molar-refractivity contribution in [2.24, 2.45) is 11.7 Å². The Bertz CT molecular complexity index is 276. The summed E-state index contributed by atoms with van der Waals surface area (Å²) in [6.07, 6.45) is 1.71. The minimum Gasteiger partial charge on any atom is -0.363 e. The van der Waals surface area contributed by atoms with Gasteiger partial charge in [-0.2, -0.15) is 0 Å². The normalized spacial score (nSPS) is 10.7. The lowest BCUT2D eigenvalue weighted by Crippen LogP contribution is -2.05. The Morgan fingerprint density at radius 3 is 2.75 bits per heavy atom. The number of Topliss-reactive ketones (excluding diaryl/α,β-unsaturated/α-hetero) is 1. The van der Waals surface area contributed by atoms with Gasteiger partial charge in [0.25, 0.3) is 0 Å². The fourth-order valence-electron chi connectivity index (χ4n) is 1.03. The Labute approximate surface area is 72.0 Å². The molecular weight excluding hydrogens is 152 g/mol. The molecule has 0 spiro atoms. The maximum atomic E-state index is 11.4. The van der Waals surface area contributed by atoms with Crippen LogP contribution in [0.5, 0.6) is 0 Å². The van der Waals surface area contributed by atoms with Crippen molar-refractivity contribution in [1.29, 1.82) is 0 Å². The van der Waals surface area contributed by atoms with Crippen LogP contribution in [0.3, 0.4) is 0 Å². The Kier molecular flexibility index (Phi) is 2.65. The highest BCUT2D eigenvalue weighted by Gasteiger charge is 2.11. The molecule has 1 heterocycles. The predicted molar refractivity (Wildman–Crippen MR) is 47.9 cm³/mol. The molecule has 0 saturated heterocycles. The Hall–Kier alpha value is -1.09. The molecule has 0 saturated carbocycles. The van der Waals surface area contributed by atoms with Crippen molar-refractivity contribution in [2.75, 3.05) is 0 Å². The van der Waals surface area contributed by atoms with E-state index in [2.05, 4.69) is 4.98 Å². The highest BCUT2D eigenvalue weighted by atomic mass is 16.1. The summed E-state index contributed by atoms with van der Waals surface area (Å²) in [6.45, 7) is 4.22. The van der Waals surface area contributed by atoms with Gasteiger partial charge in [0.2, 0.25) is 0 Å². The van der Waals surface area contributed by atoms with Crippen LogP contribution in [0.4, 0.5) is 0 Å². The molecule has 12 heavy (non-hydrogen) atoms. The van der Waals surface area contributed by atoms with E-state index < -0.39 is 0 Å². The molecule has 66 valence electrons. The second-order valence-electron chi connectivity index (χ2n) is 3.14. The van der Waals surface area contributed by atoms with Gasteiger partial charge in [0.1, 0.15) is 0 Å². The average molecular weight is 166 g/mol. The van der Waals surface area contributed by atoms with Gasteiger partial charge in [-0.1, -0.05) is 13.8 Å². The summed E-state index contributed by atoms with van der Waals surface area (Å²) >= 11 is 0. The SMILES string of the molecule is CC(C)C(=O)c1c[nH]c(CN)c1. The number of ketones is 1. The number of carbonyl (C=O) groups excluding carboxylic acids is 1. The first kappa shape index (κ1) is 9.00. The molecule has 0 fully saturated rings. The van der Waals surface area contributed by atoms with Crippen LogP contribution in [-0.4, -0.2) is 10.8 Å². The second-order valence-corrected chi connectivity index (χ2v) is 3.14. The van der Waals surface area contributed by atoms with Gasteiger partial charge < -0.3 is 10.7 Å². The fourth-order valence-corrected chi connectivity index (χ4v) is 1.03. The zero-order valence-electron chi connectivity index (χ0n) is 7.42. The van der Waals surface area contributed by atoms with Crippen LogP contribution in [0.1, 0.15) is 29.9 Å². The van der Waals surface area contributed by atoms with Gasteiger partial charge in [-0.25, -0.2) is 0 Å². The molecule has 0 atom stereocenters. The van der Waals surface area contributed by atoms with E-state index in [0.29, 0.717) is 6.54 Å². The molecule has 0 radical (unpaired) electrons. The van der Waals surface area contributed by atoms with Crippen molar-refractivity contribution in [3.8, 4) is 0 Å². The fraction of sp³-hybridized carbons (Fsp3) is 0.444. The third-order valence-electron chi connectivity index (χ3n) is 1.77. The van der Waals surface area contributed by atoms with Crippen LogP contribution in [-0.2, 0) is 6.54 Å². The number of aromatic amines is 1. The molecule has 1 rings (SSSR count). The molecule has 3 heteroatoms. The van der Waals surface area contributed by atoms with Crippen LogP contribution < -0.4 is 5.73 Å². The summed E-state index contributed by atoms with van der Waals surface area (Å²) in [5.41, 5.74) is 7.03. The van der Waals surface area contributed by atoms with Gasteiger partial charge in [0.15, 0.2) is 5.78 Å². The van der Waals surface area contributed by atoms with E-state index >= 15 is 0 Å². The van der Waals surface area contributed by atoms with Crippen LogP contribution in [0.15, 0.2) is 12.3 Å². The maximum absolute atomic E-state index is 11.4. The minimum atomic E-state index is 0.0476. The van der Waals surface area contributed by atoms with Crippen LogP contribution in [0.25, 0.3) is 0 Å². The average Bonchev–Trinajstić information content (AvgIpc) is 2.50. The highest BCUT2D eigenvalue weighted by Crippen LogP contribution is 2.09. The first-order valence-electron chi connectivity index (χ1n) is 4.06. The summed E-state index contributed by atoms with van der Waals surface area (Å²) in [6, 6.07) is 1.81. The van der Waals surface area contributed by atoms with Crippen molar-refractivity contribution in [3.63, 3.8) is 0 Å². The third-order valence-corrected chi connectivity index (χ3v) is 1.77. The molecule has 1 aromatic rings. The molecular formula is C9H14N2O. The quantitative estimate of drug-likeness (QED) is 0.665. The molecule has 0 aliphatic rings. The zero-order valence-corrected chi connectivity index (χ0v) is 7.42. The molecule has 3 N–H and O–H groups in total. The van der Waals surface area contributed by atoms with Crippen LogP contribution in [0, 0.1) is 5.92 Å². The number of hydrogen-bond donors (Lipinski definition) is 2. The molecule has 0 aliphatic heterocycles. The van der Waals surface area contributed by atoms with E-state index in [1.165, 1.54) is 0 Å². The van der Waals surface area contributed by atoms with Gasteiger partial charge in [0, 0.05) is 29.9 Å².